The minimum absolute atomic E-state index is 0.228. The number of carbonyl (C=O) groups excluding carboxylic acids is 1. The number of benzene rings is 1. The second-order valence-corrected chi connectivity index (χ2v) is 5.23. The number of hydrogen-bond acceptors (Lipinski definition) is 3. The summed E-state index contributed by atoms with van der Waals surface area (Å²) in [5, 5.41) is 12.4. The topological polar surface area (TPSA) is 75.6 Å². The second-order valence-electron chi connectivity index (χ2n) is 4.79. The fourth-order valence-electron chi connectivity index (χ4n) is 2.09. The van der Waals surface area contributed by atoms with E-state index < -0.39 is 12.0 Å². The van der Waals surface area contributed by atoms with Crippen molar-refractivity contribution in [2.45, 2.75) is 18.9 Å². The number of nitrogens with one attached hydrogen (secondary N) is 1. The molecule has 1 saturated heterocycles. The Morgan fingerprint density at radius 2 is 2.10 bits per heavy atom. The molecule has 108 valence electrons. The molecule has 1 amide bonds. The van der Waals surface area contributed by atoms with E-state index in [9.17, 15) is 14.7 Å². The Kier molecular flexibility index (Phi) is 4.98. The van der Waals surface area contributed by atoms with E-state index in [2.05, 4.69) is 5.32 Å². The Morgan fingerprint density at radius 1 is 1.40 bits per heavy atom. The van der Waals surface area contributed by atoms with E-state index in [4.69, 9.17) is 16.3 Å². The number of aliphatic carboxylic acids is 1. The largest absolute Gasteiger partial charge is 0.480 e. The van der Waals surface area contributed by atoms with Crippen LogP contribution >= 0.6 is 11.6 Å². The van der Waals surface area contributed by atoms with Gasteiger partial charge >= 0.3 is 5.97 Å². The van der Waals surface area contributed by atoms with Crippen LogP contribution in [-0.2, 0) is 20.7 Å². The van der Waals surface area contributed by atoms with Crippen LogP contribution in [0, 0.1) is 5.92 Å². The zero-order valence-electron chi connectivity index (χ0n) is 10.8. The number of ether oxygens (including phenoxy) is 1. The summed E-state index contributed by atoms with van der Waals surface area (Å²) in [4.78, 5) is 23.2. The summed E-state index contributed by atoms with van der Waals surface area (Å²) in [6.45, 7) is 0.909. The molecule has 1 fully saturated rings. The van der Waals surface area contributed by atoms with Gasteiger partial charge in [-0.3, -0.25) is 4.79 Å². The van der Waals surface area contributed by atoms with E-state index in [0.29, 0.717) is 24.7 Å². The first-order valence-corrected chi connectivity index (χ1v) is 6.79. The molecule has 0 bridgehead atoms. The number of carboxylic acid groups (broad SMARTS) is 1. The maximum absolute atomic E-state index is 11.9. The van der Waals surface area contributed by atoms with Crippen LogP contribution < -0.4 is 5.32 Å². The first-order chi connectivity index (χ1) is 9.56. The maximum Gasteiger partial charge on any atom is 0.326 e. The van der Waals surface area contributed by atoms with Crippen molar-refractivity contribution in [3.8, 4) is 0 Å². The SMILES string of the molecule is O=C(N[C@@H](Cc1ccc(Cl)cc1)C(=O)O)[C@H]1CCOC1. The van der Waals surface area contributed by atoms with Gasteiger partial charge in [0, 0.05) is 18.1 Å². The van der Waals surface area contributed by atoms with Crippen molar-refractivity contribution in [3.63, 3.8) is 0 Å². The van der Waals surface area contributed by atoms with Crippen molar-refractivity contribution in [1.82, 2.24) is 5.32 Å². The van der Waals surface area contributed by atoms with Gasteiger partial charge < -0.3 is 15.2 Å². The van der Waals surface area contributed by atoms with Gasteiger partial charge in [0.05, 0.1) is 12.5 Å². The van der Waals surface area contributed by atoms with Gasteiger partial charge in [0.2, 0.25) is 5.91 Å². The van der Waals surface area contributed by atoms with Crippen LogP contribution in [0.5, 0.6) is 0 Å². The van der Waals surface area contributed by atoms with E-state index in [1.54, 1.807) is 24.3 Å². The molecule has 2 N–H and O–H groups in total. The molecule has 0 aromatic heterocycles. The standard InChI is InChI=1S/C14H16ClNO4/c15-11-3-1-9(2-4-11)7-12(14(18)19)16-13(17)10-5-6-20-8-10/h1-4,10,12H,5-8H2,(H,16,17)(H,18,19)/t10-,12-/m0/s1. The summed E-state index contributed by atoms with van der Waals surface area (Å²) in [6, 6.07) is 5.96. The average Bonchev–Trinajstić information content (AvgIpc) is 2.94. The Morgan fingerprint density at radius 3 is 2.65 bits per heavy atom. The monoisotopic (exact) mass is 297 g/mol. The summed E-state index contributed by atoms with van der Waals surface area (Å²) in [5.74, 6) is -1.56. The van der Waals surface area contributed by atoms with Gasteiger partial charge in [0.25, 0.3) is 0 Å². The Balaban J connectivity index is 1.98. The van der Waals surface area contributed by atoms with E-state index in [0.717, 1.165) is 5.56 Å². The van der Waals surface area contributed by atoms with Crippen molar-refractivity contribution < 1.29 is 19.4 Å². The predicted molar refractivity (Wildman–Crippen MR) is 73.6 cm³/mol. The highest BCUT2D eigenvalue weighted by molar-refractivity contribution is 6.30. The van der Waals surface area contributed by atoms with Gasteiger partial charge in [0.15, 0.2) is 0 Å². The summed E-state index contributed by atoms with van der Waals surface area (Å²) < 4.78 is 5.13. The highest BCUT2D eigenvalue weighted by Crippen LogP contribution is 2.14. The van der Waals surface area contributed by atoms with Crippen LogP contribution in [0.1, 0.15) is 12.0 Å². The number of rotatable bonds is 5. The van der Waals surface area contributed by atoms with Gasteiger partial charge in [0.1, 0.15) is 6.04 Å². The van der Waals surface area contributed by atoms with Crippen molar-refractivity contribution in [2.24, 2.45) is 5.92 Å². The van der Waals surface area contributed by atoms with Crippen LogP contribution in [0.3, 0.4) is 0 Å². The molecule has 0 saturated carbocycles. The minimum Gasteiger partial charge on any atom is -0.480 e. The van der Waals surface area contributed by atoms with Crippen LogP contribution in [0.15, 0.2) is 24.3 Å². The Bertz CT molecular complexity index is 482. The zero-order chi connectivity index (χ0) is 14.5. The number of halogens is 1. The van der Waals surface area contributed by atoms with Crippen LogP contribution in [0.25, 0.3) is 0 Å². The Hall–Kier alpha value is -1.59. The first-order valence-electron chi connectivity index (χ1n) is 6.41. The normalized spacial score (nSPS) is 19.6. The molecule has 1 aliphatic rings. The molecule has 20 heavy (non-hydrogen) atoms. The lowest BCUT2D eigenvalue weighted by Gasteiger charge is -2.17. The third-order valence-corrected chi connectivity index (χ3v) is 3.52. The maximum atomic E-state index is 11.9. The number of carboxylic acids is 1. The number of carbonyl (C=O) groups is 2. The van der Waals surface area contributed by atoms with Crippen molar-refractivity contribution in [2.75, 3.05) is 13.2 Å². The zero-order valence-corrected chi connectivity index (χ0v) is 11.6. The minimum atomic E-state index is -1.05. The molecule has 0 aliphatic carbocycles. The molecule has 6 heteroatoms. The summed E-state index contributed by atoms with van der Waals surface area (Å²) in [6.07, 6.45) is 0.866. The highest BCUT2D eigenvalue weighted by atomic mass is 35.5. The lowest BCUT2D eigenvalue weighted by molar-refractivity contribution is -0.142. The van der Waals surface area contributed by atoms with Crippen molar-refractivity contribution >= 4 is 23.5 Å². The molecule has 5 nitrogen and oxygen atoms in total. The van der Waals surface area contributed by atoms with Gasteiger partial charge in [-0.05, 0) is 24.1 Å². The summed E-state index contributed by atoms with van der Waals surface area (Å²) in [5.41, 5.74) is 0.810. The lowest BCUT2D eigenvalue weighted by Crippen LogP contribution is -2.45. The van der Waals surface area contributed by atoms with Crippen LogP contribution in [0.4, 0.5) is 0 Å². The smallest absolute Gasteiger partial charge is 0.326 e. The van der Waals surface area contributed by atoms with Gasteiger partial charge in [-0.1, -0.05) is 23.7 Å². The van der Waals surface area contributed by atoms with Crippen molar-refractivity contribution in [3.05, 3.63) is 34.9 Å². The number of hydrogen-bond donors (Lipinski definition) is 2. The summed E-state index contributed by atoms with van der Waals surface area (Å²) in [7, 11) is 0. The molecule has 0 spiro atoms. The molecule has 0 radical (unpaired) electrons. The predicted octanol–water partition coefficient (Wildman–Crippen LogP) is 1.49. The molecular formula is C14H16ClNO4. The molecule has 1 aromatic rings. The second kappa shape index (κ2) is 6.72. The fraction of sp³-hybridized carbons (Fsp3) is 0.429. The molecule has 1 aliphatic heterocycles. The lowest BCUT2D eigenvalue weighted by atomic mass is 10.0. The fourth-order valence-corrected chi connectivity index (χ4v) is 2.21. The molecule has 1 heterocycles. The quantitative estimate of drug-likeness (QED) is 0.863. The Labute approximate surface area is 121 Å². The third kappa shape index (κ3) is 3.95. The van der Waals surface area contributed by atoms with Gasteiger partial charge in [-0.2, -0.15) is 0 Å². The van der Waals surface area contributed by atoms with E-state index in [-0.39, 0.29) is 18.2 Å². The van der Waals surface area contributed by atoms with Gasteiger partial charge in [-0.25, -0.2) is 4.79 Å². The third-order valence-electron chi connectivity index (χ3n) is 3.27. The average molecular weight is 298 g/mol. The van der Waals surface area contributed by atoms with Crippen LogP contribution in [-0.4, -0.2) is 36.2 Å². The highest BCUT2D eigenvalue weighted by Gasteiger charge is 2.28. The first kappa shape index (κ1) is 14.8. The van der Waals surface area contributed by atoms with Gasteiger partial charge in [-0.15, -0.1) is 0 Å². The summed E-state index contributed by atoms with van der Waals surface area (Å²) >= 11 is 5.78. The van der Waals surface area contributed by atoms with E-state index in [1.165, 1.54) is 0 Å². The van der Waals surface area contributed by atoms with E-state index in [1.807, 2.05) is 0 Å². The molecular weight excluding hydrogens is 282 g/mol. The molecule has 2 atom stereocenters. The molecule has 2 rings (SSSR count). The number of amides is 1. The molecule has 1 aromatic carbocycles. The van der Waals surface area contributed by atoms with Crippen molar-refractivity contribution in [1.29, 1.82) is 0 Å². The van der Waals surface area contributed by atoms with E-state index >= 15 is 0 Å². The van der Waals surface area contributed by atoms with Crippen LogP contribution in [0.2, 0.25) is 5.02 Å². The molecule has 0 unspecified atom stereocenters.